The van der Waals surface area contributed by atoms with E-state index in [9.17, 15) is 4.79 Å². The van der Waals surface area contributed by atoms with Crippen LogP contribution in [0.2, 0.25) is 5.15 Å². The summed E-state index contributed by atoms with van der Waals surface area (Å²) in [7, 11) is 0. The molecule has 7 nitrogen and oxygen atoms in total. The van der Waals surface area contributed by atoms with Gasteiger partial charge in [0.15, 0.2) is 15.4 Å². The number of para-hydroxylation sites is 3. The van der Waals surface area contributed by atoms with Crippen molar-refractivity contribution in [2.24, 2.45) is 5.10 Å². The Bertz CT molecular complexity index is 1450. The zero-order valence-electron chi connectivity index (χ0n) is 18.2. The molecule has 3 N–H and O–H groups in total. The first-order chi connectivity index (χ1) is 17.1. The van der Waals surface area contributed by atoms with Crippen LogP contribution in [-0.4, -0.2) is 27.1 Å². The molecule has 10 heteroatoms. The van der Waals surface area contributed by atoms with Crippen molar-refractivity contribution in [1.82, 2.24) is 20.4 Å². The molecule has 5 aromatic rings. The third-order valence-electron chi connectivity index (χ3n) is 4.94. The number of imidazole rings is 1. The fourth-order valence-electron chi connectivity index (χ4n) is 3.21. The predicted octanol–water partition coefficient (Wildman–Crippen LogP) is 6.47. The minimum atomic E-state index is -0.305. The highest BCUT2D eigenvalue weighted by Gasteiger charge is 2.09. The van der Waals surface area contributed by atoms with Gasteiger partial charge in [-0.1, -0.05) is 77.2 Å². The number of carbonyl (C=O) groups excluding carboxylic acids is 1. The zero-order valence-corrected chi connectivity index (χ0v) is 20.6. The smallest absolute Gasteiger partial charge is 0.271 e. The minimum absolute atomic E-state index is 0.305. The van der Waals surface area contributed by atoms with E-state index in [-0.39, 0.29) is 5.91 Å². The number of aromatic amines is 1. The van der Waals surface area contributed by atoms with E-state index in [1.807, 2.05) is 66.7 Å². The van der Waals surface area contributed by atoms with Crippen LogP contribution >= 0.6 is 34.7 Å². The zero-order chi connectivity index (χ0) is 24.0. The van der Waals surface area contributed by atoms with E-state index in [1.165, 1.54) is 17.6 Å². The highest BCUT2D eigenvalue weighted by atomic mass is 35.5. The molecule has 174 valence electrons. The lowest BCUT2D eigenvalue weighted by Gasteiger charge is -2.02. The van der Waals surface area contributed by atoms with Crippen molar-refractivity contribution in [2.75, 3.05) is 5.32 Å². The number of hydrogen-bond donors (Lipinski definition) is 3. The summed E-state index contributed by atoms with van der Waals surface area (Å²) in [6.45, 7) is 0. The number of amides is 1. The molecule has 2 heterocycles. The van der Waals surface area contributed by atoms with Crippen molar-refractivity contribution in [3.8, 4) is 0 Å². The van der Waals surface area contributed by atoms with Crippen LogP contribution in [0.5, 0.6) is 0 Å². The molecule has 0 aliphatic carbocycles. The van der Waals surface area contributed by atoms with E-state index in [2.05, 4.69) is 30.8 Å². The van der Waals surface area contributed by atoms with Crippen LogP contribution in [0.1, 0.15) is 20.8 Å². The van der Waals surface area contributed by atoms with Crippen LogP contribution in [0, 0.1) is 0 Å². The number of nitrogens with one attached hydrogen (secondary N) is 3. The Morgan fingerprint density at radius 2 is 1.80 bits per heavy atom. The van der Waals surface area contributed by atoms with Crippen LogP contribution in [0.15, 0.2) is 89.1 Å². The number of nitrogens with zero attached hydrogens (tertiary/aromatic N) is 3. The molecular weight excluding hydrogens is 500 g/mol. The normalized spacial score (nSPS) is 11.2. The lowest BCUT2D eigenvalue weighted by atomic mass is 10.1. The molecule has 1 amide bonds. The Morgan fingerprint density at radius 3 is 2.60 bits per heavy atom. The molecule has 35 heavy (non-hydrogen) atoms. The fraction of sp³-hybridized carbons (Fsp3) is 0.0400. The minimum Gasteiger partial charge on any atom is -0.333 e. The van der Waals surface area contributed by atoms with E-state index in [0.29, 0.717) is 20.7 Å². The predicted molar refractivity (Wildman–Crippen MR) is 144 cm³/mol. The Balaban J connectivity index is 1.14. The number of anilines is 2. The second kappa shape index (κ2) is 10.7. The summed E-state index contributed by atoms with van der Waals surface area (Å²) >= 11 is 9.16. The molecule has 0 fully saturated rings. The number of benzene rings is 3. The quantitative estimate of drug-likeness (QED) is 0.124. The van der Waals surface area contributed by atoms with Gasteiger partial charge in [0.1, 0.15) is 0 Å². The molecule has 0 spiro atoms. The highest BCUT2D eigenvalue weighted by Crippen LogP contribution is 2.28. The van der Waals surface area contributed by atoms with E-state index in [0.717, 1.165) is 33.2 Å². The average Bonchev–Trinajstić information content (AvgIpc) is 3.46. The molecular formula is C25H19ClN6OS2. The summed E-state index contributed by atoms with van der Waals surface area (Å²) in [4.78, 5) is 25.3. The Hall–Kier alpha value is -3.66. The number of thiazole rings is 1. The van der Waals surface area contributed by atoms with Gasteiger partial charge in [0, 0.05) is 17.0 Å². The van der Waals surface area contributed by atoms with Crippen LogP contribution < -0.4 is 10.7 Å². The number of halogens is 1. The first-order valence-corrected chi connectivity index (χ1v) is 12.8. The largest absolute Gasteiger partial charge is 0.333 e. The molecule has 0 saturated heterocycles. The maximum absolute atomic E-state index is 12.5. The van der Waals surface area contributed by atoms with Gasteiger partial charge in [0.25, 0.3) is 5.91 Å². The number of thioether (sulfide) groups is 1. The second-order valence-corrected chi connectivity index (χ2v) is 9.76. The number of hydrogen-bond acceptors (Lipinski definition) is 7. The lowest BCUT2D eigenvalue weighted by Crippen LogP contribution is -2.17. The standard InChI is InChI=1S/C25H19ClN6OS2/c26-22-21(35-25(31-22)28-18-6-2-1-3-7-18)14-27-32-23(33)17-12-10-16(11-13-17)15-34-24-29-19-8-4-5-9-20(19)30-24/h1-14H,15H2,(H,28,31)(H,29,30)(H,32,33)/b27-14+. The van der Waals surface area contributed by atoms with Gasteiger partial charge in [-0.05, 0) is 42.0 Å². The molecule has 0 aliphatic rings. The number of carbonyl (C=O) groups is 1. The van der Waals surface area contributed by atoms with Gasteiger partial charge in [-0.25, -0.2) is 15.4 Å². The first-order valence-electron chi connectivity index (χ1n) is 10.6. The summed E-state index contributed by atoms with van der Waals surface area (Å²) in [5.74, 6) is 0.435. The van der Waals surface area contributed by atoms with Crippen LogP contribution in [0.25, 0.3) is 11.0 Å². The summed E-state index contributed by atoms with van der Waals surface area (Å²) in [5.41, 5.74) is 7.02. The van der Waals surface area contributed by atoms with Crippen molar-refractivity contribution >= 4 is 68.7 Å². The molecule has 0 bridgehead atoms. The monoisotopic (exact) mass is 518 g/mol. The van der Waals surface area contributed by atoms with Crippen LogP contribution in [0.3, 0.4) is 0 Å². The molecule has 0 aliphatic heterocycles. The number of H-pyrrole nitrogens is 1. The van der Waals surface area contributed by atoms with Crippen molar-refractivity contribution in [1.29, 1.82) is 0 Å². The molecule has 0 atom stereocenters. The molecule has 0 unspecified atom stereocenters. The topological polar surface area (TPSA) is 95.1 Å². The van der Waals surface area contributed by atoms with Crippen molar-refractivity contribution in [3.63, 3.8) is 0 Å². The lowest BCUT2D eigenvalue weighted by molar-refractivity contribution is 0.0955. The van der Waals surface area contributed by atoms with Gasteiger partial charge in [0.05, 0.1) is 22.1 Å². The molecule has 2 aromatic heterocycles. The first kappa shape index (κ1) is 23.1. The summed E-state index contributed by atoms with van der Waals surface area (Å²) in [6.07, 6.45) is 1.49. The highest BCUT2D eigenvalue weighted by molar-refractivity contribution is 7.98. The van der Waals surface area contributed by atoms with Gasteiger partial charge >= 0.3 is 0 Å². The summed E-state index contributed by atoms with van der Waals surface area (Å²) < 4.78 is 0. The number of aromatic nitrogens is 3. The fourth-order valence-corrected chi connectivity index (χ4v) is 5.10. The Labute approximate surface area is 214 Å². The summed E-state index contributed by atoms with van der Waals surface area (Å²) in [5, 5.41) is 9.05. The van der Waals surface area contributed by atoms with E-state index < -0.39 is 0 Å². The van der Waals surface area contributed by atoms with E-state index >= 15 is 0 Å². The average molecular weight is 519 g/mol. The van der Waals surface area contributed by atoms with Gasteiger partial charge in [-0.2, -0.15) is 5.10 Å². The second-order valence-electron chi connectivity index (χ2n) is 7.41. The Kier molecular flexibility index (Phi) is 7.08. The van der Waals surface area contributed by atoms with E-state index in [4.69, 9.17) is 11.6 Å². The van der Waals surface area contributed by atoms with Gasteiger partial charge in [-0.3, -0.25) is 4.79 Å². The van der Waals surface area contributed by atoms with Crippen molar-refractivity contribution < 1.29 is 4.79 Å². The summed E-state index contributed by atoms with van der Waals surface area (Å²) in [6, 6.07) is 25.0. The maximum atomic E-state index is 12.5. The Morgan fingerprint density at radius 1 is 1.03 bits per heavy atom. The SMILES string of the molecule is O=C(N/N=C/c1sc(Nc2ccccc2)nc1Cl)c1ccc(CSc2nc3ccccc3[nH]2)cc1. The van der Waals surface area contributed by atoms with E-state index in [1.54, 1.807) is 23.9 Å². The van der Waals surface area contributed by atoms with Crippen LogP contribution in [-0.2, 0) is 5.75 Å². The molecule has 0 saturated carbocycles. The van der Waals surface area contributed by atoms with Crippen LogP contribution in [0.4, 0.5) is 10.8 Å². The molecule has 5 rings (SSSR count). The number of hydrazone groups is 1. The van der Waals surface area contributed by atoms with Crippen molar-refractivity contribution in [3.05, 3.63) is 100 Å². The third kappa shape index (κ3) is 5.89. The maximum Gasteiger partial charge on any atom is 0.271 e. The van der Waals surface area contributed by atoms with Gasteiger partial charge in [0.2, 0.25) is 0 Å². The molecule has 0 radical (unpaired) electrons. The number of fused-ring (bicyclic) bond motifs is 1. The van der Waals surface area contributed by atoms with Gasteiger partial charge in [-0.15, -0.1) is 0 Å². The third-order valence-corrected chi connectivity index (χ3v) is 7.19. The molecule has 3 aromatic carbocycles. The van der Waals surface area contributed by atoms with Gasteiger partial charge < -0.3 is 10.3 Å². The van der Waals surface area contributed by atoms with Crippen molar-refractivity contribution in [2.45, 2.75) is 10.9 Å². The number of rotatable bonds is 8.